The summed E-state index contributed by atoms with van der Waals surface area (Å²) in [5, 5.41) is 0. The Balaban J connectivity index is 1.56. The molecule has 1 saturated carbocycles. The molecule has 1 fully saturated rings. The summed E-state index contributed by atoms with van der Waals surface area (Å²) in [6, 6.07) is 2.18. The number of hydrogen-bond acceptors (Lipinski definition) is 7. The predicted molar refractivity (Wildman–Crippen MR) is 98.4 cm³/mol. The van der Waals surface area contributed by atoms with Crippen molar-refractivity contribution in [2.24, 2.45) is 5.92 Å². The van der Waals surface area contributed by atoms with Gasteiger partial charge in [0.05, 0.1) is 12.8 Å². The molecule has 0 aliphatic heterocycles. The van der Waals surface area contributed by atoms with Crippen molar-refractivity contribution in [3.63, 3.8) is 0 Å². The summed E-state index contributed by atoms with van der Waals surface area (Å²) in [6.45, 7) is 1.86. The summed E-state index contributed by atoms with van der Waals surface area (Å²) < 4.78 is 10.6. The Hall–Kier alpha value is -2.83. The van der Waals surface area contributed by atoms with Crippen LogP contribution in [-0.2, 0) is 9.53 Å². The van der Waals surface area contributed by atoms with E-state index in [-0.39, 0.29) is 12.1 Å². The third kappa shape index (κ3) is 4.87. The van der Waals surface area contributed by atoms with Crippen molar-refractivity contribution in [2.45, 2.75) is 45.1 Å². The van der Waals surface area contributed by atoms with E-state index in [2.05, 4.69) is 15.0 Å². The standard InChI is InChI=1S/C20H23N3O4/c1-13-7-18(21-11-16(13)12-24)15-9-22-20(23-10-15)27-17-5-3-14(4-6-17)8-19(25)26-2/h7,9-12,14,17H,3-6,8H2,1-2H3. The number of carbonyl (C=O) groups excluding carboxylic acids is 2. The van der Waals surface area contributed by atoms with Gasteiger partial charge in [0.15, 0.2) is 6.29 Å². The zero-order valence-corrected chi connectivity index (χ0v) is 15.6. The highest BCUT2D eigenvalue weighted by Gasteiger charge is 2.25. The van der Waals surface area contributed by atoms with Crippen LogP contribution in [0.3, 0.4) is 0 Å². The molecule has 142 valence electrons. The van der Waals surface area contributed by atoms with E-state index < -0.39 is 0 Å². The first kappa shape index (κ1) is 18.9. The minimum atomic E-state index is -0.150. The normalized spacial score (nSPS) is 19.3. The molecule has 1 aliphatic carbocycles. The number of aldehydes is 1. The highest BCUT2D eigenvalue weighted by molar-refractivity contribution is 5.77. The third-order valence-corrected chi connectivity index (χ3v) is 4.95. The fraction of sp³-hybridized carbons (Fsp3) is 0.450. The summed E-state index contributed by atoms with van der Waals surface area (Å²) >= 11 is 0. The van der Waals surface area contributed by atoms with Crippen molar-refractivity contribution in [3.05, 3.63) is 35.8 Å². The zero-order valence-electron chi connectivity index (χ0n) is 15.6. The average molecular weight is 369 g/mol. The summed E-state index contributed by atoms with van der Waals surface area (Å²) in [4.78, 5) is 35.1. The number of esters is 1. The number of methoxy groups -OCH3 is 1. The fourth-order valence-corrected chi connectivity index (χ4v) is 3.28. The van der Waals surface area contributed by atoms with Gasteiger partial charge in [-0.2, -0.15) is 0 Å². The Morgan fingerprint density at radius 3 is 2.44 bits per heavy atom. The molecule has 7 nitrogen and oxygen atoms in total. The number of ether oxygens (including phenoxy) is 2. The number of carbonyl (C=O) groups is 2. The Morgan fingerprint density at radius 1 is 1.15 bits per heavy atom. The lowest BCUT2D eigenvalue weighted by molar-refractivity contribution is -0.142. The van der Waals surface area contributed by atoms with Gasteiger partial charge >= 0.3 is 12.0 Å². The van der Waals surface area contributed by atoms with E-state index in [1.165, 1.54) is 7.11 Å². The molecule has 0 atom stereocenters. The maximum atomic E-state index is 11.4. The molecule has 2 aromatic heterocycles. The molecule has 1 aliphatic rings. The van der Waals surface area contributed by atoms with Gasteiger partial charge in [0.25, 0.3) is 0 Å². The van der Waals surface area contributed by atoms with Crippen LogP contribution in [0.2, 0.25) is 0 Å². The van der Waals surface area contributed by atoms with Crippen LogP contribution in [-0.4, -0.2) is 40.4 Å². The van der Waals surface area contributed by atoms with Crippen molar-refractivity contribution < 1.29 is 19.1 Å². The molecule has 0 unspecified atom stereocenters. The summed E-state index contributed by atoms with van der Waals surface area (Å²) in [5.41, 5.74) is 2.92. The first-order valence-corrected chi connectivity index (χ1v) is 9.06. The smallest absolute Gasteiger partial charge is 0.316 e. The Bertz CT molecular complexity index is 799. The highest BCUT2D eigenvalue weighted by Crippen LogP contribution is 2.29. The molecule has 0 N–H and O–H groups in total. The number of aryl methyl sites for hydroxylation is 1. The molecule has 27 heavy (non-hydrogen) atoms. The van der Waals surface area contributed by atoms with Crippen LogP contribution in [0.15, 0.2) is 24.7 Å². The van der Waals surface area contributed by atoms with Gasteiger partial charge in [0.1, 0.15) is 6.10 Å². The highest BCUT2D eigenvalue weighted by atomic mass is 16.5. The second-order valence-corrected chi connectivity index (χ2v) is 6.84. The van der Waals surface area contributed by atoms with Gasteiger partial charge in [-0.1, -0.05) is 0 Å². The van der Waals surface area contributed by atoms with E-state index in [1.54, 1.807) is 18.6 Å². The molecule has 0 amide bonds. The number of aromatic nitrogens is 3. The van der Waals surface area contributed by atoms with Crippen LogP contribution >= 0.6 is 0 Å². The second-order valence-electron chi connectivity index (χ2n) is 6.84. The van der Waals surface area contributed by atoms with E-state index in [0.29, 0.717) is 29.6 Å². The summed E-state index contributed by atoms with van der Waals surface area (Å²) in [5.74, 6) is 0.215. The van der Waals surface area contributed by atoms with Crippen molar-refractivity contribution in [1.29, 1.82) is 0 Å². The van der Waals surface area contributed by atoms with E-state index in [4.69, 9.17) is 9.47 Å². The second kappa shape index (κ2) is 8.70. The first-order valence-electron chi connectivity index (χ1n) is 9.06. The van der Waals surface area contributed by atoms with E-state index >= 15 is 0 Å². The molecule has 3 rings (SSSR count). The lowest BCUT2D eigenvalue weighted by Crippen LogP contribution is -2.26. The van der Waals surface area contributed by atoms with Gasteiger partial charge in [0, 0.05) is 36.1 Å². The van der Waals surface area contributed by atoms with Gasteiger partial charge in [-0.25, -0.2) is 9.97 Å². The lowest BCUT2D eigenvalue weighted by atomic mass is 9.85. The molecular formula is C20H23N3O4. The number of nitrogens with zero attached hydrogens (tertiary/aromatic N) is 3. The number of hydrogen-bond donors (Lipinski definition) is 0. The van der Waals surface area contributed by atoms with E-state index in [9.17, 15) is 9.59 Å². The molecule has 2 heterocycles. The summed E-state index contributed by atoms with van der Waals surface area (Å²) in [7, 11) is 1.42. The van der Waals surface area contributed by atoms with Crippen molar-refractivity contribution >= 4 is 12.3 Å². The third-order valence-electron chi connectivity index (χ3n) is 4.95. The Labute approximate surface area is 158 Å². The maximum absolute atomic E-state index is 11.4. The van der Waals surface area contributed by atoms with Crippen molar-refractivity contribution in [1.82, 2.24) is 15.0 Å². The Morgan fingerprint density at radius 2 is 1.85 bits per heavy atom. The molecule has 0 aromatic carbocycles. The monoisotopic (exact) mass is 369 g/mol. The van der Waals surface area contributed by atoms with Crippen LogP contribution in [0.5, 0.6) is 6.01 Å². The molecule has 0 bridgehead atoms. The average Bonchev–Trinajstić information content (AvgIpc) is 2.70. The van der Waals surface area contributed by atoms with Crippen LogP contribution in [0.25, 0.3) is 11.3 Å². The minimum Gasteiger partial charge on any atom is -0.469 e. The van der Waals surface area contributed by atoms with Crippen molar-refractivity contribution in [3.8, 4) is 17.3 Å². The minimum absolute atomic E-state index is 0.0667. The zero-order chi connectivity index (χ0) is 19.2. The molecule has 0 radical (unpaired) electrons. The summed E-state index contributed by atoms with van der Waals surface area (Å²) in [6.07, 6.45) is 9.85. The number of pyridine rings is 1. The first-order chi connectivity index (χ1) is 13.1. The van der Waals surface area contributed by atoms with Gasteiger partial charge < -0.3 is 9.47 Å². The molecule has 7 heteroatoms. The number of rotatable bonds is 6. The van der Waals surface area contributed by atoms with Crippen molar-refractivity contribution in [2.75, 3.05) is 7.11 Å². The lowest BCUT2D eigenvalue weighted by Gasteiger charge is -2.27. The SMILES string of the molecule is COC(=O)CC1CCC(Oc2ncc(-c3cc(C)c(C=O)cn3)cn2)CC1. The van der Waals surface area contributed by atoms with E-state index in [0.717, 1.165) is 43.1 Å². The fourth-order valence-electron chi connectivity index (χ4n) is 3.28. The van der Waals surface area contributed by atoms with Crippen LogP contribution in [0.1, 0.15) is 48.0 Å². The van der Waals surface area contributed by atoms with Crippen LogP contribution in [0, 0.1) is 12.8 Å². The topological polar surface area (TPSA) is 91.3 Å². The maximum Gasteiger partial charge on any atom is 0.316 e. The predicted octanol–water partition coefficient (Wildman–Crippen LogP) is 3.16. The molecule has 2 aromatic rings. The molecule has 0 saturated heterocycles. The van der Waals surface area contributed by atoms with Crippen LogP contribution < -0.4 is 4.74 Å². The van der Waals surface area contributed by atoms with Gasteiger partial charge in [0.2, 0.25) is 0 Å². The van der Waals surface area contributed by atoms with E-state index in [1.807, 2.05) is 13.0 Å². The molecule has 0 spiro atoms. The quantitative estimate of drug-likeness (QED) is 0.570. The van der Waals surface area contributed by atoms with Gasteiger partial charge in [-0.05, 0) is 50.2 Å². The van der Waals surface area contributed by atoms with Gasteiger partial charge in [-0.3, -0.25) is 14.6 Å². The molecular weight excluding hydrogens is 346 g/mol. The van der Waals surface area contributed by atoms with Gasteiger partial charge in [-0.15, -0.1) is 0 Å². The van der Waals surface area contributed by atoms with Crippen LogP contribution in [0.4, 0.5) is 0 Å². The largest absolute Gasteiger partial charge is 0.469 e. The Kier molecular flexibility index (Phi) is 6.11.